The van der Waals surface area contributed by atoms with Crippen LogP contribution in [0, 0.1) is 6.92 Å². The van der Waals surface area contributed by atoms with E-state index in [0.717, 1.165) is 16.6 Å². The van der Waals surface area contributed by atoms with Crippen LogP contribution < -0.4 is 0 Å². The van der Waals surface area contributed by atoms with Crippen LogP contribution in [0.4, 0.5) is 0 Å². The monoisotopic (exact) mass is 146 g/mol. The topological polar surface area (TPSA) is 30.7 Å². The molecule has 0 atom stereocenters. The van der Waals surface area contributed by atoms with E-state index < -0.39 is 0 Å². The zero-order valence-corrected chi connectivity index (χ0v) is 6.28. The second kappa shape index (κ2) is 2.05. The summed E-state index contributed by atoms with van der Waals surface area (Å²) in [4.78, 5) is 0. The molecule has 0 fully saturated rings. The number of benzene rings is 1. The highest BCUT2D eigenvalue weighted by atomic mass is 15.4. The molecule has 0 saturated heterocycles. The van der Waals surface area contributed by atoms with Crippen molar-refractivity contribution < 1.29 is 0 Å². The van der Waals surface area contributed by atoms with Crippen molar-refractivity contribution in [2.45, 2.75) is 0 Å². The van der Waals surface area contributed by atoms with E-state index in [2.05, 4.69) is 17.2 Å². The molecule has 0 amide bonds. The maximum absolute atomic E-state index is 3.97. The first-order valence-electron chi connectivity index (χ1n) is 3.39. The normalized spacial score (nSPS) is 10.7. The van der Waals surface area contributed by atoms with Crippen LogP contribution in [-0.4, -0.2) is 15.0 Å². The fraction of sp³-hybridized carbons (Fsp3) is 0.125. The average molecular weight is 146 g/mol. The van der Waals surface area contributed by atoms with Crippen molar-refractivity contribution in [3.63, 3.8) is 0 Å². The van der Waals surface area contributed by atoms with Crippen molar-refractivity contribution in [1.82, 2.24) is 15.0 Å². The van der Waals surface area contributed by atoms with E-state index >= 15 is 0 Å². The van der Waals surface area contributed by atoms with Crippen molar-refractivity contribution in [2.24, 2.45) is 7.05 Å². The number of nitrogens with zero attached hydrogens (tertiary/aromatic N) is 3. The minimum atomic E-state index is 0.884. The largest absolute Gasteiger partial charge is 0.248 e. The number of aryl methyl sites for hydroxylation is 1. The molecule has 1 aromatic carbocycles. The van der Waals surface area contributed by atoms with E-state index in [0.29, 0.717) is 0 Å². The summed E-state index contributed by atoms with van der Waals surface area (Å²) in [6.45, 7) is 3.85. The predicted molar refractivity (Wildman–Crippen MR) is 43.0 cm³/mol. The number of hydrogen-bond donors (Lipinski definition) is 0. The molecule has 0 aliphatic rings. The molecule has 0 aliphatic heterocycles. The summed E-state index contributed by atoms with van der Waals surface area (Å²) in [6.07, 6.45) is 0. The van der Waals surface area contributed by atoms with E-state index in [4.69, 9.17) is 0 Å². The predicted octanol–water partition coefficient (Wildman–Crippen LogP) is 1.15. The average Bonchev–Trinajstić information content (AvgIpc) is 2.35. The molecule has 1 aromatic heterocycles. The lowest BCUT2D eigenvalue weighted by Crippen LogP contribution is -1.88. The van der Waals surface area contributed by atoms with E-state index in [-0.39, 0.29) is 0 Å². The fourth-order valence-corrected chi connectivity index (χ4v) is 1.11. The van der Waals surface area contributed by atoms with Crippen LogP contribution in [0.5, 0.6) is 0 Å². The van der Waals surface area contributed by atoms with Crippen LogP contribution in [0.3, 0.4) is 0 Å². The summed E-state index contributed by atoms with van der Waals surface area (Å²) in [5.74, 6) is 0. The van der Waals surface area contributed by atoms with Crippen LogP contribution in [0.1, 0.15) is 5.56 Å². The molecule has 0 N–H and O–H groups in total. The summed E-state index contributed by atoms with van der Waals surface area (Å²) < 4.78 is 1.74. The molecular formula is C8H8N3. The minimum Gasteiger partial charge on any atom is -0.248 e. The minimum absolute atomic E-state index is 0.884. The van der Waals surface area contributed by atoms with Crippen LogP contribution >= 0.6 is 0 Å². The molecule has 55 valence electrons. The molecule has 1 radical (unpaired) electrons. The molecule has 2 rings (SSSR count). The Kier molecular flexibility index (Phi) is 1.18. The second-order valence-corrected chi connectivity index (χ2v) is 2.50. The maximum atomic E-state index is 3.97. The van der Waals surface area contributed by atoms with Gasteiger partial charge in [0.25, 0.3) is 0 Å². The van der Waals surface area contributed by atoms with Gasteiger partial charge in [-0.1, -0.05) is 17.3 Å². The van der Waals surface area contributed by atoms with Crippen molar-refractivity contribution in [1.29, 1.82) is 0 Å². The molecule has 0 bridgehead atoms. The molecule has 0 unspecified atom stereocenters. The van der Waals surface area contributed by atoms with Gasteiger partial charge in [0, 0.05) is 7.05 Å². The molecule has 11 heavy (non-hydrogen) atoms. The van der Waals surface area contributed by atoms with Gasteiger partial charge in [0.15, 0.2) is 0 Å². The van der Waals surface area contributed by atoms with Gasteiger partial charge in [-0.2, -0.15) is 0 Å². The van der Waals surface area contributed by atoms with Gasteiger partial charge in [0.05, 0.1) is 5.52 Å². The molecule has 1 heterocycles. The standard InChI is InChI=1S/C8H8N3/c1-6-4-3-5-7-8(6)9-10-11(7)2/h3-5H,1H2,2H3. The summed E-state index contributed by atoms with van der Waals surface area (Å²) in [7, 11) is 1.87. The lowest BCUT2D eigenvalue weighted by molar-refractivity contribution is 0.736. The van der Waals surface area contributed by atoms with E-state index in [1.807, 2.05) is 25.2 Å². The number of aromatic nitrogens is 3. The van der Waals surface area contributed by atoms with Crippen molar-refractivity contribution in [3.8, 4) is 0 Å². The molecule has 3 nitrogen and oxygen atoms in total. The Morgan fingerprint density at radius 2 is 2.27 bits per heavy atom. The summed E-state index contributed by atoms with van der Waals surface area (Å²) in [5, 5.41) is 7.85. The van der Waals surface area contributed by atoms with E-state index in [1.54, 1.807) is 4.68 Å². The van der Waals surface area contributed by atoms with Gasteiger partial charge in [-0.05, 0) is 18.6 Å². The van der Waals surface area contributed by atoms with Crippen LogP contribution in [0.2, 0.25) is 0 Å². The Hall–Kier alpha value is -1.38. The van der Waals surface area contributed by atoms with E-state index in [9.17, 15) is 0 Å². The Labute approximate surface area is 64.6 Å². The quantitative estimate of drug-likeness (QED) is 0.558. The number of fused-ring (bicyclic) bond motifs is 1. The Balaban J connectivity index is 2.94. The van der Waals surface area contributed by atoms with Gasteiger partial charge in [0.1, 0.15) is 5.52 Å². The van der Waals surface area contributed by atoms with Gasteiger partial charge in [-0.15, -0.1) is 5.10 Å². The maximum Gasteiger partial charge on any atom is 0.116 e. The van der Waals surface area contributed by atoms with Crippen LogP contribution in [-0.2, 0) is 7.05 Å². The van der Waals surface area contributed by atoms with Crippen LogP contribution in [0.25, 0.3) is 11.0 Å². The first kappa shape index (κ1) is 6.34. The molecule has 0 saturated carbocycles. The first-order chi connectivity index (χ1) is 5.29. The lowest BCUT2D eigenvalue weighted by atomic mass is 10.2. The second-order valence-electron chi connectivity index (χ2n) is 2.50. The van der Waals surface area contributed by atoms with Crippen molar-refractivity contribution in [2.75, 3.05) is 0 Å². The lowest BCUT2D eigenvalue weighted by Gasteiger charge is -1.92. The summed E-state index contributed by atoms with van der Waals surface area (Å²) in [6, 6.07) is 5.86. The summed E-state index contributed by atoms with van der Waals surface area (Å²) >= 11 is 0. The van der Waals surface area contributed by atoms with Crippen molar-refractivity contribution >= 4 is 11.0 Å². The molecule has 0 spiro atoms. The SMILES string of the molecule is [CH2]c1cccc2c1nnn2C. The first-order valence-corrected chi connectivity index (χ1v) is 3.39. The molecule has 3 heteroatoms. The molecule has 0 aliphatic carbocycles. The van der Waals surface area contributed by atoms with Gasteiger partial charge in [-0.3, -0.25) is 0 Å². The Morgan fingerprint density at radius 3 is 3.00 bits per heavy atom. The molecule has 2 aromatic rings. The highest BCUT2D eigenvalue weighted by Gasteiger charge is 2.01. The fourth-order valence-electron chi connectivity index (χ4n) is 1.11. The zero-order valence-electron chi connectivity index (χ0n) is 6.28. The van der Waals surface area contributed by atoms with Gasteiger partial charge in [-0.25, -0.2) is 4.68 Å². The van der Waals surface area contributed by atoms with E-state index in [1.165, 1.54) is 0 Å². The summed E-state index contributed by atoms with van der Waals surface area (Å²) in [5.41, 5.74) is 2.84. The smallest absolute Gasteiger partial charge is 0.116 e. The van der Waals surface area contributed by atoms with Crippen LogP contribution in [0.15, 0.2) is 18.2 Å². The van der Waals surface area contributed by atoms with Gasteiger partial charge in [0.2, 0.25) is 0 Å². The van der Waals surface area contributed by atoms with Gasteiger partial charge >= 0.3 is 0 Å². The highest BCUT2D eigenvalue weighted by molar-refractivity contribution is 5.78. The number of rotatable bonds is 0. The molecular weight excluding hydrogens is 138 g/mol. The zero-order chi connectivity index (χ0) is 7.84. The number of hydrogen-bond acceptors (Lipinski definition) is 2. The third-order valence-electron chi connectivity index (χ3n) is 1.73. The Morgan fingerprint density at radius 1 is 1.45 bits per heavy atom. The van der Waals surface area contributed by atoms with Gasteiger partial charge < -0.3 is 0 Å². The highest BCUT2D eigenvalue weighted by Crippen LogP contribution is 2.12. The third kappa shape index (κ3) is 0.808. The van der Waals surface area contributed by atoms with Crippen molar-refractivity contribution in [3.05, 3.63) is 30.7 Å². The third-order valence-corrected chi connectivity index (χ3v) is 1.73. The Bertz CT molecular complexity index is 389.